The van der Waals surface area contributed by atoms with Gasteiger partial charge in [0, 0.05) is 25.0 Å². The fourth-order valence-electron chi connectivity index (χ4n) is 3.84. The lowest BCUT2D eigenvalue weighted by Gasteiger charge is -2.50. The summed E-state index contributed by atoms with van der Waals surface area (Å²) in [6.45, 7) is 6.52. The Morgan fingerprint density at radius 2 is 1.36 bits per heavy atom. The molecule has 1 heteroatoms. The summed E-state index contributed by atoms with van der Waals surface area (Å²) in [5, 5.41) is 0. The van der Waals surface area contributed by atoms with E-state index in [-0.39, 0.29) is 0 Å². The Hall–Kier alpha value is -2.64. The molecule has 0 spiro atoms. The molecule has 0 unspecified atom stereocenters. The smallest absolute Gasteiger partial charge is 0.0432 e. The second-order valence-electron chi connectivity index (χ2n) is 6.77. The van der Waals surface area contributed by atoms with Crippen molar-refractivity contribution in [3.63, 3.8) is 0 Å². The van der Waals surface area contributed by atoms with E-state index >= 15 is 0 Å². The third-order valence-corrected chi connectivity index (χ3v) is 5.16. The molecule has 1 saturated heterocycles. The van der Waals surface area contributed by atoms with Gasteiger partial charge in [-0.3, -0.25) is 4.90 Å². The molecule has 1 aliphatic rings. The van der Waals surface area contributed by atoms with E-state index in [1.807, 2.05) is 0 Å². The molecule has 1 heterocycles. The SMILES string of the molecule is C=C(c1ccccc1)[C@H]1[C@H](c2ccccc2)CN1Cc1ccccc1. The molecular weight excluding hydrogens is 302 g/mol. The fourth-order valence-corrected chi connectivity index (χ4v) is 3.84. The maximum Gasteiger partial charge on any atom is 0.0432 e. The van der Waals surface area contributed by atoms with E-state index in [1.165, 1.54) is 22.3 Å². The molecule has 4 rings (SSSR count). The first-order chi connectivity index (χ1) is 12.3. The van der Waals surface area contributed by atoms with E-state index in [0.717, 1.165) is 13.1 Å². The number of rotatable bonds is 5. The van der Waals surface area contributed by atoms with Gasteiger partial charge >= 0.3 is 0 Å². The summed E-state index contributed by atoms with van der Waals surface area (Å²) < 4.78 is 0. The molecule has 0 aromatic heterocycles. The van der Waals surface area contributed by atoms with Gasteiger partial charge in [0.1, 0.15) is 0 Å². The standard InChI is InChI=1S/C24H23N/c1-19(21-13-7-3-8-14-21)24-23(22-15-9-4-10-16-22)18-25(24)17-20-11-5-2-6-12-20/h2-16,23-24H,1,17-18H2/t23-,24-/m0/s1. The van der Waals surface area contributed by atoms with Gasteiger partial charge in [0.2, 0.25) is 0 Å². The van der Waals surface area contributed by atoms with Gasteiger partial charge in [-0.1, -0.05) is 97.6 Å². The molecule has 1 aliphatic heterocycles. The molecule has 0 bridgehead atoms. The summed E-state index contributed by atoms with van der Waals surface area (Å²) in [5.41, 5.74) is 5.23. The lowest BCUT2D eigenvalue weighted by atomic mass is 9.77. The van der Waals surface area contributed by atoms with Crippen molar-refractivity contribution < 1.29 is 0 Å². The van der Waals surface area contributed by atoms with Crippen molar-refractivity contribution in [2.75, 3.05) is 6.54 Å². The van der Waals surface area contributed by atoms with Gasteiger partial charge in [-0.25, -0.2) is 0 Å². The van der Waals surface area contributed by atoms with Gasteiger partial charge < -0.3 is 0 Å². The first kappa shape index (κ1) is 15.9. The van der Waals surface area contributed by atoms with Gasteiger partial charge in [-0.05, 0) is 22.3 Å². The van der Waals surface area contributed by atoms with Crippen LogP contribution in [0.3, 0.4) is 0 Å². The van der Waals surface area contributed by atoms with Crippen LogP contribution >= 0.6 is 0 Å². The number of hydrogen-bond acceptors (Lipinski definition) is 1. The minimum atomic E-state index is 0.352. The molecule has 0 saturated carbocycles. The summed E-state index contributed by atoms with van der Waals surface area (Å²) in [6, 6.07) is 32.5. The Bertz CT molecular complexity index is 824. The topological polar surface area (TPSA) is 3.24 Å². The average Bonchev–Trinajstić information content (AvgIpc) is 2.67. The van der Waals surface area contributed by atoms with Gasteiger partial charge in [0.25, 0.3) is 0 Å². The zero-order chi connectivity index (χ0) is 17.1. The Balaban J connectivity index is 1.61. The van der Waals surface area contributed by atoms with Crippen LogP contribution in [-0.2, 0) is 6.54 Å². The highest BCUT2D eigenvalue weighted by molar-refractivity contribution is 5.70. The second-order valence-corrected chi connectivity index (χ2v) is 6.77. The van der Waals surface area contributed by atoms with Crippen LogP contribution < -0.4 is 0 Å². The summed E-state index contributed by atoms with van der Waals surface area (Å²) in [4.78, 5) is 2.54. The Morgan fingerprint density at radius 3 is 2.00 bits per heavy atom. The van der Waals surface area contributed by atoms with E-state index in [2.05, 4.69) is 102 Å². The van der Waals surface area contributed by atoms with Gasteiger partial charge in [0.15, 0.2) is 0 Å². The normalized spacial score (nSPS) is 20.0. The summed E-state index contributed by atoms with van der Waals surface area (Å²) in [6.07, 6.45) is 0. The molecule has 0 aliphatic carbocycles. The van der Waals surface area contributed by atoms with E-state index in [0.29, 0.717) is 12.0 Å². The van der Waals surface area contributed by atoms with Crippen molar-refractivity contribution in [2.45, 2.75) is 18.5 Å². The quantitative estimate of drug-likeness (QED) is 0.610. The summed E-state index contributed by atoms with van der Waals surface area (Å²) >= 11 is 0. The summed E-state index contributed by atoms with van der Waals surface area (Å²) in [5.74, 6) is 0.512. The molecule has 0 N–H and O–H groups in total. The lowest BCUT2D eigenvalue weighted by Crippen LogP contribution is -2.54. The highest BCUT2D eigenvalue weighted by Gasteiger charge is 2.41. The number of benzene rings is 3. The van der Waals surface area contributed by atoms with Crippen LogP contribution in [0.15, 0.2) is 97.6 Å². The summed E-state index contributed by atoms with van der Waals surface area (Å²) in [7, 11) is 0. The maximum atomic E-state index is 4.47. The van der Waals surface area contributed by atoms with Crippen LogP contribution in [-0.4, -0.2) is 17.5 Å². The molecule has 3 aromatic carbocycles. The third-order valence-electron chi connectivity index (χ3n) is 5.16. The first-order valence-electron chi connectivity index (χ1n) is 8.90. The van der Waals surface area contributed by atoms with E-state index in [1.54, 1.807) is 0 Å². The second kappa shape index (κ2) is 7.08. The Kier molecular flexibility index (Phi) is 4.49. The van der Waals surface area contributed by atoms with Crippen LogP contribution in [0.1, 0.15) is 22.6 Å². The molecule has 3 aromatic rings. The van der Waals surface area contributed by atoms with Crippen molar-refractivity contribution in [3.8, 4) is 0 Å². The number of likely N-dealkylation sites (tertiary alicyclic amines) is 1. The molecule has 2 atom stereocenters. The number of hydrogen-bond donors (Lipinski definition) is 0. The molecular formula is C24H23N. The van der Waals surface area contributed by atoms with Crippen molar-refractivity contribution in [3.05, 3.63) is 114 Å². The Labute approximate surface area is 150 Å². The minimum absolute atomic E-state index is 0.352. The fraction of sp³-hybridized carbons (Fsp3) is 0.167. The molecule has 0 radical (unpaired) electrons. The highest BCUT2D eigenvalue weighted by Crippen LogP contribution is 2.41. The van der Waals surface area contributed by atoms with Crippen LogP contribution in [0, 0.1) is 0 Å². The predicted molar refractivity (Wildman–Crippen MR) is 105 cm³/mol. The highest BCUT2D eigenvalue weighted by atomic mass is 15.2. The maximum absolute atomic E-state index is 4.47. The number of nitrogens with zero attached hydrogens (tertiary/aromatic N) is 1. The van der Waals surface area contributed by atoms with E-state index in [9.17, 15) is 0 Å². The predicted octanol–water partition coefficient (Wildman–Crippen LogP) is 5.37. The zero-order valence-electron chi connectivity index (χ0n) is 14.4. The monoisotopic (exact) mass is 325 g/mol. The van der Waals surface area contributed by atoms with Crippen molar-refractivity contribution in [1.82, 2.24) is 4.90 Å². The molecule has 25 heavy (non-hydrogen) atoms. The van der Waals surface area contributed by atoms with Crippen LogP contribution in [0.25, 0.3) is 5.57 Å². The first-order valence-corrected chi connectivity index (χ1v) is 8.90. The van der Waals surface area contributed by atoms with Crippen LogP contribution in [0.2, 0.25) is 0 Å². The van der Waals surface area contributed by atoms with Gasteiger partial charge in [-0.2, -0.15) is 0 Å². The van der Waals surface area contributed by atoms with Crippen LogP contribution in [0.5, 0.6) is 0 Å². The van der Waals surface area contributed by atoms with Crippen LogP contribution in [0.4, 0.5) is 0 Å². The third kappa shape index (κ3) is 3.29. The molecule has 1 fully saturated rings. The average molecular weight is 325 g/mol. The largest absolute Gasteiger partial charge is 0.291 e. The molecule has 124 valence electrons. The molecule has 1 nitrogen and oxygen atoms in total. The van der Waals surface area contributed by atoms with Gasteiger partial charge in [0.05, 0.1) is 0 Å². The minimum Gasteiger partial charge on any atom is -0.291 e. The van der Waals surface area contributed by atoms with Crippen molar-refractivity contribution >= 4 is 5.57 Å². The Morgan fingerprint density at radius 1 is 0.800 bits per heavy atom. The molecule has 0 amide bonds. The zero-order valence-corrected chi connectivity index (χ0v) is 14.4. The van der Waals surface area contributed by atoms with E-state index < -0.39 is 0 Å². The van der Waals surface area contributed by atoms with E-state index in [4.69, 9.17) is 0 Å². The van der Waals surface area contributed by atoms with Gasteiger partial charge in [-0.15, -0.1) is 0 Å². The lowest BCUT2D eigenvalue weighted by molar-refractivity contribution is 0.0913. The van der Waals surface area contributed by atoms with Crippen molar-refractivity contribution in [2.24, 2.45) is 0 Å². The van der Waals surface area contributed by atoms with Crippen molar-refractivity contribution in [1.29, 1.82) is 0 Å².